The van der Waals surface area contributed by atoms with Crippen LogP contribution in [0.2, 0.25) is 0 Å². The molecule has 0 fully saturated rings. The van der Waals surface area contributed by atoms with Gasteiger partial charge in [-0.2, -0.15) is 0 Å². The summed E-state index contributed by atoms with van der Waals surface area (Å²) in [5.74, 6) is -0.232. The normalized spacial score (nSPS) is 13.3. The van der Waals surface area contributed by atoms with E-state index in [2.05, 4.69) is 98.9 Å². The van der Waals surface area contributed by atoms with Crippen LogP contribution in [0.1, 0.15) is 162 Å². The molecule has 0 saturated heterocycles. The quantitative estimate of drug-likeness (QED) is 0.0415. The number of allylic oxidation sites excluding steroid dienone is 14. The highest BCUT2D eigenvalue weighted by Gasteiger charge is 2.13. The summed E-state index contributed by atoms with van der Waals surface area (Å²) < 4.78 is 11.1. The molecule has 0 radical (unpaired) electrons. The van der Waals surface area contributed by atoms with Gasteiger partial charge in [-0.1, -0.05) is 157 Å². The van der Waals surface area contributed by atoms with Crippen LogP contribution < -0.4 is 0 Å². The SMILES string of the molecule is CC/C=C\C/C=C\C/C=C\C/C=C\C/C=C\C/C=C\CCCOCC(CO)OC(=O)CCCCCCC/C=C\CCCCCCCCC. The van der Waals surface area contributed by atoms with Gasteiger partial charge in [-0.15, -0.1) is 0 Å². The Morgan fingerprint density at radius 1 is 0.521 bits per heavy atom. The third-order valence-electron chi connectivity index (χ3n) is 7.95. The van der Waals surface area contributed by atoms with Crippen LogP contribution in [0.4, 0.5) is 0 Å². The lowest BCUT2D eigenvalue weighted by Gasteiger charge is -2.15. The van der Waals surface area contributed by atoms with Gasteiger partial charge in [0, 0.05) is 13.0 Å². The molecule has 4 heteroatoms. The Kier molecular flexibility index (Phi) is 38.7. The summed E-state index contributed by atoms with van der Waals surface area (Å²) in [7, 11) is 0. The van der Waals surface area contributed by atoms with Crippen molar-refractivity contribution in [2.45, 2.75) is 168 Å². The van der Waals surface area contributed by atoms with Crippen molar-refractivity contribution in [2.75, 3.05) is 19.8 Å². The summed E-state index contributed by atoms with van der Waals surface area (Å²) in [6.45, 7) is 5.06. The first-order chi connectivity index (χ1) is 23.7. The zero-order valence-electron chi connectivity index (χ0n) is 31.2. The lowest BCUT2D eigenvalue weighted by Crippen LogP contribution is -2.27. The molecule has 274 valence electrons. The molecule has 0 bridgehead atoms. The lowest BCUT2D eigenvalue weighted by atomic mass is 10.1. The summed E-state index contributed by atoms with van der Waals surface area (Å²) in [5.41, 5.74) is 0. The van der Waals surface area contributed by atoms with Crippen molar-refractivity contribution in [3.63, 3.8) is 0 Å². The number of carbonyl (C=O) groups is 1. The highest BCUT2D eigenvalue weighted by atomic mass is 16.6. The molecule has 0 rings (SSSR count). The standard InChI is InChI=1S/C44H74O4/c1-3-5-7-9-11-13-15-17-19-21-22-23-24-26-28-30-32-34-36-38-40-47-42-43(41-45)48-44(46)39-37-35-33-31-29-27-25-20-18-16-14-12-10-8-6-4-2/h5,7,11,13,17,19-20,22-23,25-26,28,32,34,43,45H,3-4,6,8-10,12,14-16,18,21,24,27,29-31,33,35-42H2,1-2H3/b7-5-,13-11-,19-17-,23-22-,25-20-,28-26-,34-32-. The summed E-state index contributed by atoms with van der Waals surface area (Å²) in [4.78, 5) is 12.2. The third kappa shape index (κ3) is 38.0. The maximum Gasteiger partial charge on any atom is 0.306 e. The molecule has 0 aromatic rings. The first-order valence-corrected chi connectivity index (χ1v) is 19.7. The maximum absolute atomic E-state index is 12.2. The van der Waals surface area contributed by atoms with Crippen molar-refractivity contribution in [3.8, 4) is 0 Å². The smallest absolute Gasteiger partial charge is 0.306 e. The minimum atomic E-state index is -0.573. The van der Waals surface area contributed by atoms with Crippen LogP contribution in [0, 0.1) is 0 Å². The van der Waals surface area contributed by atoms with E-state index in [4.69, 9.17) is 9.47 Å². The van der Waals surface area contributed by atoms with Crippen molar-refractivity contribution in [1.82, 2.24) is 0 Å². The van der Waals surface area contributed by atoms with Gasteiger partial charge in [-0.3, -0.25) is 4.79 Å². The molecule has 0 aliphatic carbocycles. The van der Waals surface area contributed by atoms with Crippen molar-refractivity contribution >= 4 is 5.97 Å². The topological polar surface area (TPSA) is 55.8 Å². The van der Waals surface area contributed by atoms with Crippen LogP contribution >= 0.6 is 0 Å². The molecule has 0 spiro atoms. The molecule has 0 aliphatic rings. The number of hydrogen-bond acceptors (Lipinski definition) is 4. The van der Waals surface area contributed by atoms with E-state index in [0.717, 1.165) is 77.0 Å². The maximum atomic E-state index is 12.2. The Hall–Kier alpha value is -2.43. The monoisotopic (exact) mass is 667 g/mol. The summed E-state index contributed by atoms with van der Waals surface area (Å²) in [6.07, 6.45) is 56.4. The number of esters is 1. The number of carbonyl (C=O) groups excluding carboxylic acids is 1. The van der Waals surface area contributed by atoms with E-state index >= 15 is 0 Å². The summed E-state index contributed by atoms with van der Waals surface area (Å²) in [5, 5.41) is 9.57. The number of unbranched alkanes of at least 4 members (excludes halogenated alkanes) is 13. The van der Waals surface area contributed by atoms with E-state index in [1.165, 1.54) is 64.2 Å². The molecule has 0 aliphatic heterocycles. The van der Waals surface area contributed by atoms with Gasteiger partial charge >= 0.3 is 5.97 Å². The number of rotatable bonds is 35. The first-order valence-electron chi connectivity index (χ1n) is 19.7. The molecule has 0 amide bonds. The summed E-state index contributed by atoms with van der Waals surface area (Å²) >= 11 is 0. The number of aliphatic hydroxyl groups excluding tert-OH is 1. The van der Waals surface area contributed by atoms with Gasteiger partial charge in [0.05, 0.1) is 13.2 Å². The molecule has 48 heavy (non-hydrogen) atoms. The highest BCUT2D eigenvalue weighted by molar-refractivity contribution is 5.69. The largest absolute Gasteiger partial charge is 0.457 e. The predicted octanol–water partition coefficient (Wildman–Crippen LogP) is 12.8. The highest BCUT2D eigenvalue weighted by Crippen LogP contribution is 2.11. The minimum absolute atomic E-state index is 0.203. The van der Waals surface area contributed by atoms with Crippen LogP contribution in [0.15, 0.2) is 85.1 Å². The zero-order chi connectivity index (χ0) is 34.9. The Bertz CT molecular complexity index is 876. The van der Waals surface area contributed by atoms with E-state index in [1.807, 2.05) is 0 Å². The van der Waals surface area contributed by atoms with Crippen molar-refractivity contribution in [1.29, 1.82) is 0 Å². The zero-order valence-corrected chi connectivity index (χ0v) is 31.2. The van der Waals surface area contributed by atoms with Crippen molar-refractivity contribution < 1.29 is 19.4 Å². The average molecular weight is 667 g/mol. The molecular formula is C44H74O4. The number of aliphatic hydroxyl groups is 1. The Labute approximate surface area is 297 Å². The molecule has 0 heterocycles. The molecule has 0 aromatic heterocycles. The van der Waals surface area contributed by atoms with Gasteiger partial charge in [0.25, 0.3) is 0 Å². The fraction of sp³-hybridized carbons (Fsp3) is 0.659. The van der Waals surface area contributed by atoms with Crippen LogP contribution in [0.5, 0.6) is 0 Å². The second-order valence-corrected chi connectivity index (χ2v) is 12.6. The Morgan fingerprint density at radius 3 is 1.44 bits per heavy atom. The van der Waals surface area contributed by atoms with Gasteiger partial charge in [0.2, 0.25) is 0 Å². The fourth-order valence-corrected chi connectivity index (χ4v) is 5.04. The van der Waals surface area contributed by atoms with Gasteiger partial charge in [-0.25, -0.2) is 0 Å². The van der Waals surface area contributed by atoms with Crippen LogP contribution in [0.3, 0.4) is 0 Å². The van der Waals surface area contributed by atoms with E-state index < -0.39 is 6.10 Å². The molecule has 0 saturated carbocycles. The molecule has 0 aromatic carbocycles. The Morgan fingerprint density at radius 2 is 0.938 bits per heavy atom. The first kappa shape index (κ1) is 45.6. The molecular weight excluding hydrogens is 592 g/mol. The second-order valence-electron chi connectivity index (χ2n) is 12.6. The van der Waals surface area contributed by atoms with E-state index in [1.54, 1.807) is 0 Å². The fourth-order valence-electron chi connectivity index (χ4n) is 5.04. The van der Waals surface area contributed by atoms with Crippen molar-refractivity contribution in [3.05, 3.63) is 85.1 Å². The number of hydrogen-bond donors (Lipinski definition) is 1. The molecule has 4 nitrogen and oxygen atoms in total. The van der Waals surface area contributed by atoms with Gasteiger partial charge < -0.3 is 14.6 Å². The number of ether oxygens (including phenoxy) is 2. The van der Waals surface area contributed by atoms with Crippen LogP contribution in [-0.2, 0) is 14.3 Å². The van der Waals surface area contributed by atoms with Crippen molar-refractivity contribution in [2.24, 2.45) is 0 Å². The van der Waals surface area contributed by atoms with E-state index in [0.29, 0.717) is 13.0 Å². The molecule has 1 N–H and O–H groups in total. The molecule has 1 unspecified atom stereocenters. The minimum Gasteiger partial charge on any atom is -0.457 e. The molecule has 1 atom stereocenters. The Balaban J connectivity index is 3.61. The summed E-state index contributed by atoms with van der Waals surface area (Å²) in [6, 6.07) is 0. The predicted molar refractivity (Wildman–Crippen MR) is 209 cm³/mol. The van der Waals surface area contributed by atoms with Gasteiger partial charge in [-0.05, 0) is 83.5 Å². The van der Waals surface area contributed by atoms with Crippen LogP contribution in [0.25, 0.3) is 0 Å². The van der Waals surface area contributed by atoms with Gasteiger partial charge in [0.1, 0.15) is 6.10 Å². The van der Waals surface area contributed by atoms with Crippen LogP contribution in [-0.4, -0.2) is 37.0 Å². The van der Waals surface area contributed by atoms with E-state index in [-0.39, 0.29) is 19.2 Å². The average Bonchev–Trinajstić information content (AvgIpc) is 3.09. The lowest BCUT2D eigenvalue weighted by molar-refractivity contribution is -0.154. The van der Waals surface area contributed by atoms with E-state index in [9.17, 15) is 9.90 Å². The third-order valence-corrected chi connectivity index (χ3v) is 7.95. The van der Waals surface area contributed by atoms with Gasteiger partial charge in [0.15, 0.2) is 0 Å². The second kappa shape index (κ2) is 40.7.